The normalized spacial score (nSPS) is 10.1. The van der Waals surface area contributed by atoms with E-state index in [0.717, 1.165) is 14.8 Å². The maximum absolute atomic E-state index is 12.1. The van der Waals surface area contributed by atoms with Gasteiger partial charge in [0.1, 0.15) is 0 Å². The molecular formula is C14H13IN2O. The fraction of sp³-hybridized carbons (Fsp3) is 0.0714. The molecule has 0 saturated heterocycles. The molecule has 0 aliphatic rings. The standard InChI is InChI=1S/C14H13IN2O/c1-9-12(16)6-3-7-13(9)17-14(18)10-4-2-5-11(15)8-10/h2-8H,16H2,1H3,(H,17,18). The number of nitrogen functional groups attached to an aromatic ring is 1. The summed E-state index contributed by atoms with van der Waals surface area (Å²) < 4.78 is 1.03. The Morgan fingerprint density at radius 2 is 1.94 bits per heavy atom. The van der Waals surface area contributed by atoms with Crippen molar-refractivity contribution < 1.29 is 4.79 Å². The molecule has 2 rings (SSSR count). The number of hydrogen-bond acceptors (Lipinski definition) is 2. The van der Waals surface area contributed by atoms with Gasteiger partial charge in [-0.15, -0.1) is 0 Å². The first-order valence-electron chi connectivity index (χ1n) is 5.50. The van der Waals surface area contributed by atoms with Crippen molar-refractivity contribution in [1.29, 1.82) is 0 Å². The fourth-order valence-electron chi connectivity index (χ4n) is 1.61. The summed E-state index contributed by atoms with van der Waals surface area (Å²) in [5.41, 5.74) is 8.76. The SMILES string of the molecule is Cc1c(N)cccc1NC(=O)c1cccc(I)c1. The van der Waals surface area contributed by atoms with E-state index in [1.807, 2.05) is 43.3 Å². The summed E-state index contributed by atoms with van der Waals surface area (Å²) in [5.74, 6) is -0.123. The van der Waals surface area contributed by atoms with Gasteiger partial charge in [0.2, 0.25) is 0 Å². The van der Waals surface area contributed by atoms with Gasteiger partial charge in [0.15, 0.2) is 0 Å². The van der Waals surface area contributed by atoms with Gasteiger partial charge in [-0.3, -0.25) is 4.79 Å². The summed E-state index contributed by atoms with van der Waals surface area (Å²) in [6.07, 6.45) is 0. The zero-order valence-corrected chi connectivity index (χ0v) is 12.1. The molecule has 1 amide bonds. The Labute approximate surface area is 120 Å². The molecule has 0 aliphatic carbocycles. The van der Waals surface area contributed by atoms with Gasteiger partial charge in [-0.05, 0) is 65.4 Å². The van der Waals surface area contributed by atoms with Crippen molar-refractivity contribution in [3.05, 3.63) is 57.2 Å². The van der Waals surface area contributed by atoms with Crippen molar-refractivity contribution in [2.75, 3.05) is 11.1 Å². The zero-order valence-electron chi connectivity index (χ0n) is 9.91. The van der Waals surface area contributed by atoms with Crippen LogP contribution in [0.15, 0.2) is 42.5 Å². The smallest absolute Gasteiger partial charge is 0.255 e. The number of benzene rings is 2. The highest BCUT2D eigenvalue weighted by atomic mass is 127. The third-order valence-electron chi connectivity index (χ3n) is 2.71. The Hall–Kier alpha value is -1.56. The van der Waals surface area contributed by atoms with Crippen LogP contribution in [0.5, 0.6) is 0 Å². The van der Waals surface area contributed by atoms with E-state index < -0.39 is 0 Å². The number of halogens is 1. The number of rotatable bonds is 2. The van der Waals surface area contributed by atoms with Crippen LogP contribution in [0.1, 0.15) is 15.9 Å². The van der Waals surface area contributed by atoms with Crippen LogP contribution < -0.4 is 11.1 Å². The first-order valence-corrected chi connectivity index (χ1v) is 6.58. The van der Waals surface area contributed by atoms with Crippen molar-refractivity contribution in [2.24, 2.45) is 0 Å². The fourth-order valence-corrected chi connectivity index (χ4v) is 2.16. The number of carbonyl (C=O) groups excluding carboxylic acids is 1. The Morgan fingerprint density at radius 3 is 2.67 bits per heavy atom. The van der Waals surface area contributed by atoms with Crippen LogP contribution in [-0.2, 0) is 0 Å². The highest BCUT2D eigenvalue weighted by Crippen LogP contribution is 2.21. The maximum atomic E-state index is 12.1. The molecule has 0 aromatic heterocycles. The average Bonchev–Trinajstić information content (AvgIpc) is 2.35. The molecule has 0 fully saturated rings. The van der Waals surface area contributed by atoms with Crippen molar-refractivity contribution in [1.82, 2.24) is 0 Å². The molecule has 0 aliphatic heterocycles. The van der Waals surface area contributed by atoms with E-state index >= 15 is 0 Å². The summed E-state index contributed by atoms with van der Waals surface area (Å²) in [5, 5.41) is 2.87. The van der Waals surface area contributed by atoms with E-state index in [-0.39, 0.29) is 5.91 Å². The van der Waals surface area contributed by atoms with Crippen LogP contribution in [0.4, 0.5) is 11.4 Å². The molecule has 2 aromatic rings. The predicted octanol–water partition coefficient (Wildman–Crippen LogP) is 3.43. The molecule has 18 heavy (non-hydrogen) atoms. The van der Waals surface area contributed by atoms with E-state index in [2.05, 4.69) is 27.9 Å². The second kappa shape index (κ2) is 5.39. The Bertz CT molecular complexity index is 596. The summed E-state index contributed by atoms with van der Waals surface area (Å²) in [6.45, 7) is 1.89. The minimum atomic E-state index is -0.123. The lowest BCUT2D eigenvalue weighted by atomic mass is 10.1. The monoisotopic (exact) mass is 352 g/mol. The van der Waals surface area contributed by atoms with Crippen LogP contribution in [-0.4, -0.2) is 5.91 Å². The van der Waals surface area contributed by atoms with Crippen molar-refractivity contribution in [2.45, 2.75) is 6.92 Å². The number of amides is 1. The van der Waals surface area contributed by atoms with Crippen molar-refractivity contribution >= 4 is 39.9 Å². The minimum Gasteiger partial charge on any atom is -0.398 e. The lowest BCUT2D eigenvalue weighted by Crippen LogP contribution is -2.13. The Balaban J connectivity index is 2.24. The number of carbonyl (C=O) groups is 1. The molecule has 0 bridgehead atoms. The quantitative estimate of drug-likeness (QED) is 0.643. The van der Waals surface area contributed by atoms with Crippen LogP contribution in [0.25, 0.3) is 0 Å². The van der Waals surface area contributed by atoms with Gasteiger partial charge < -0.3 is 11.1 Å². The number of anilines is 2. The molecule has 0 spiro atoms. The van der Waals surface area contributed by atoms with Gasteiger partial charge >= 0.3 is 0 Å². The van der Waals surface area contributed by atoms with Gasteiger partial charge in [0, 0.05) is 20.5 Å². The summed E-state index contributed by atoms with van der Waals surface area (Å²) in [4.78, 5) is 12.1. The van der Waals surface area contributed by atoms with E-state index in [1.54, 1.807) is 6.07 Å². The summed E-state index contributed by atoms with van der Waals surface area (Å²) in [6, 6.07) is 12.9. The zero-order chi connectivity index (χ0) is 13.1. The molecule has 0 atom stereocenters. The number of nitrogens with one attached hydrogen (secondary N) is 1. The third-order valence-corrected chi connectivity index (χ3v) is 3.38. The van der Waals surface area contributed by atoms with Crippen LogP contribution in [0.3, 0.4) is 0 Å². The molecule has 2 aromatic carbocycles. The molecule has 4 heteroatoms. The maximum Gasteiger partial charge on any atom is 0.255 e. The van der Waals surface area contributed by atoms with Crippen LogP contribution in [0, 0.1) is 10.5 Å². The van der Waals surface area contributed by atoms with Crippen LogP contribution in [0.2, 0.25) is 0 Å². The van der Waals surface area contributed by atoms with E-state index in [1.165, 1.54) is 0 Å². The topological polar surface area (TPSA) is 55.1 Å². The largest absolute Gasteiger partial charge is 0.398 e. The number of hydrogen-bond donors (Lipinski definition) is 2. The molecule has 3 nitrogen and oxygen atoms in total. The second-order valence-electron chi connectivity index (χ2n) is 3.98. The van der Waals surface area contributed by atoms with Gasteiger partial charge in [0.05, 0.1) is 0 Å². The summed E-state index contributed by atoms with van der Waals surface area (Å²) in [7, 11) is 0. The minimum absolute atomic E-state index is 0.123. The third kappa shape index (κ3) is 2.81. The second-order valence-corrected chi connectivity index (χ2v) is 5.23. The molecule has 0 heterocycles. The molecule has 0 unspecified atom stereocenters. The highest BCUT2D eigenvalue weighted by Gasteiger charge is 2.08. The Morgan fingerprint density at radius 1 is 1.22 bits per heavy atom. The highest BCUT2D eigenvalue weighted by molar-refractivity contribution is 14.1. The van der Waals surface area contributed by atoms with E-state index in [9.17, 15) is 4.79 Å². The average molecular weight is 352 g/mol. The lowest BCUT2D eigenvalue weighted by Gasteiger charge is -2.10. The van der Waals surface area contributed by atoms with Gasteiger partial charge in [-0.2, -0.15) is 0 Å². The van der Waals surface area contributed by atoms with E-state index in [0.29, 0.717) is 11.3 Å². The Kier molecular flexibility index (Phi) is 3.86. The molecule has 0 radical (unpaired) electrons. The molecular weight excluding hydrogens is 339 g/mol. The van der Waals surface area contributed by atoms with Gasteiger partial charge in [-0.25, -0.2) is 0 Å². The molecule has 3 N–H and O–H groups in total. The molecule has 0 saturated carbocycles. The van der Waals surface area contributed by atoms with Gasteiger partial charge in [-0.1, -0.05) is 12.1 Å². The van der Waals surface area contributed by atoms with E-state index in [4.69, 9.17) is 5.73 Å². The molecule has 92 valence electrons. The predicted molar refractivity (Wildman–Crippen MR) is 82.7 cm³/mol. The van der Waals surface area contributed by atoms with Crippen molar-refractivity contribution in [3.8, 4) is 0 Å². The lowest BCUT2D eigenvalue weighted by molar-refractivity contribution is 0.102. The first-order chi connectivity index (χ1) is 8.58. The van der Waals surface area contributed by atoms with Crippen molar-refractivity contribution in [3.63, 3.8) is 0 Å². The first kappa shape index (κ1) is 12.9. The van der Waals surface area contributed by atoms with Crippen LogP contribution >= 0.6 is 22.6 Å². The van der Waals surface area contributed by atoms with Gasteiger partial charge in [0.25, 0.3) is 5.91 Å². The number of nitrogens with two attached hydrogens (primary N) is 1. The summed E-state index contributed by atoms with van der Waals surface area (Å²) >= 11 is 2.18.